The Hall–Kier alpha value is -2.80. The van der Waals surface area contributed by atoms with Crippen molar-refractivity contribution in [3.05, 3.63) is 48.0 Å². The smallest absolute Gasteiger partial charge is 0.168 e. The molecule has 3 aromatic rings. The molecule has 5 rings (SSSR count). The number of ether oxygens (including phenoxy) is 1. The highest BCUT2D eigenvalue weighted by molar-refractivity contribution is 5.84. The van der Waals surface area contributed by atoms with E-state index in [2.05, 4.69) is 10.3 Å². The molecule has 1 saturated carbocycles. The lowest BCUT2D eigenvalue weighted by atomic mass is 10.00. The Bertz CT molecular complexity index is 1090. The molecule has 1 aliphatic heterocycles. The van der Waals surface area contributed by atoms with Gasteiger partial charge in [-0.3, -0.25) is 4.57 Å². The predicted octanol–water partition coefficient (Wildman–Crippen LogP) is 5.63. The van der Waals surface area contributed by atoms with E-state index in [4.69, 9.17) is 14.7 Å². The standard InChI is InChI=1S/C25H30FN5O/c1-3-19-16(2)21(26)25(32-19)31-15-27-22-23(28-18-11-7-8-12-18)29-20(30-24(22)31)14-13-17-9-5-4-6-10-17/h4-6,9-10,13-16,18-19,21,25H,3,7-8,11-12H2,1-2H3,(H,28,29,30)/b14-13+/t16-,19-,21+,25-/m1/s1. The minimum absolute atomic E-state index is 0.109. The normalized spacial score (nSPS) is 26.5. The van der Waals surface area contributed by atoms with E-state index in [9.17, 15) is 0 Å². The molecule has 6 nitrogen and oxygen atoms in total. The van der Waals surface area contributed by atoms with Crippen molar-refractivity contribution in [2.45, 2.75) is 70.5 Å². The van der Waals surface area contributed by atoms with Gasteiger partial charge < -0.3 is 10.1 Å². The minimum Gasteiger partial charge on any atom is -0.365 e. The Kier molecular flexibility index (Phi) is 5.91. The Morgan fingerprint density at radius 1 is 1.16 bits per heavy atom. The largest absolute Gasteiger partial charge is 0.365 e. The molecule has 0 radical (unpaired) electrons. The monoisotopic (exact) mass is 435 g/mol. The van der Waals surface area contributed by atoms with Crippen LogP contribution in [0.2, 0.25) is 0 Å². The number of halogens is 1. The lowest BCUT2D eigenvalue weighted by Crippen LogP contribution is -2.20. The fourth-order valence-corrected chi connectivity index (χ4v) is 4.82. The molecule has 3 heterocycles. The third kappa shape index (κ3) is 4.01. The molecule has 1 N–H and O–H groups in total. The maximum Gasteiger partial charge on any atom is 0.168 e. The van der Waals surface area contributed by atoms with Crippen LogP contribution in [0.15, 0.2) is 36.7 Å². The van der Waals surface area contributed by atoms with Crippen LogP contribution in [0, 0.1) is 5.92 Å². The van der Waals surface area contributed by atoms with Gasteiger partial charge in [0.05, 0.1) is 12.4 Å². The first kappa shape index (κ1) is 21.1. The number of imidazole rings is 1. The molecule has 0 amide bonds. The first-order valence-corrected chi connectivity index (χ1v) is 11.7. The molecule has 2 fully saturated rings. The van der Waals surface area contributed by atoms with Gasteiger partial charge in [-0.05, 0) is 30.9 Å². The van der Waals surface area contributed by atoms with E-state index in [0.29, 0.717) is 28.8 Å². The van der Waals surface area contributed by atoms with Gasteiger partial charge in [0.25, 0.3) is 0 Å². The third-order valence-electron chi connectivity index (χ3n) is 6.71. The van der Waals surface area contributed by atoms with E-state index in [1.807, 2.05) is 56.3 Å². The van der Waals surface area contributed by atoms with E-state index < -0.39 is 12.4 Å². The Morgan fingerprint density at radius 3 is 2.66 bits per heavy atom. The summed E-state index contributed by atoms with van der Waals surface area (Å²) in [6, 6.07) is 10.4. The molecule has 2 aliphatic rings. The van der Waals surface area contributed by atoms with E-state index in [-0.39, 0.29) is 12.0 Å². The number of alkyl halides is 1. The second kappa shape index (κ2) is 8.98. The van der Waals surface area contributed by atoms with Crippen molar-refractivity contribution in [1.29, 1.82) is 0 Å². The van der Waals surface area contributed by atoms with Gasteiger partial charge in [-0.2, -0.15) is 0 Å². The third-order valence-corrected chi connectivity index (χ3v) is 6.71. The van der Waals surface area contributed by atoms with E-state index in [0.717, 1.165) is 24.8 Å². The number of aromatic nitrogens is 4. The van der Waals surface area contributed by atoms with Crippen molar-refractivity contribution < 1.29 is 9.13 Å². The first-order valence-electron chi connectivity index (χ1n) is 11.7. The van der Waals surface area contributed by atoms with Gasteiger partial charge in [0.1, 0.15) is 0 Å². The Labute approximate surface area is 187 Å². The zero-order valence-corrected chi connectivity index (χ0v) is 18.6. The van der Waals surface area contributed by atoms with E-state index >= 15 is 4.39 Å². The van der Waals surface area contributed by atoms with Crippen LogP contribution < -0.4 is 5.32 Å². The van der Waals surface area contributed by atoms with Gasteiger partial charge >= 0.3 is 0 Å². The van der Waals surface area contributed by atoms with Crippen molar-refractivity contribution >= 4 is 29.1 Å². The molecular weight excluding hydrogens is 405 g/mol. The van der Waals surface area contributed by atoms with Crippen LogP contribution in [-0.2, 0) is 4.74 Å². The number of hydrogen-bond acceptors (Lipinski definition) is 5. The van der Waals surface area contributed by atoms with Gasteiger partial charge in [0.2, 0.25) is 0 Å². The minimum atomic E-state index is -1.11. The highest BCUT2D eigenvalue weighted by atomic mass is 19.1. The summed E-state index contributed by atoms with van der Waals surface area (Å²) >= 11 is 0. The van der Waals surface area contributed by atoms with Crippen LogP contribution in [0.1, 0.15) is 63.6 Å². The Morgan fingerprint density at radius 2 is 1.94 bits per heavy atom. The maximum absolute atomic E-state index is 15.2. The van der Waals surface area contributed by atoms with Crippen LogP contribution >= 0.6 is 0 Å². The number of nitrogens with one attached hydrogen (secondary N) is 1. The zero-order chi connectivity index (χ0) is 22.1. The van der Waals surface area contributed by atoms with Gasteiger partial charge in [-0.25, -0.2) is 19.3 Å². The number of benzene rings is 1. The highest BCUT2D eigenvalue weighted by Crippen LogP contribution is 2.39. The lowest BCUT2D eigenvalue weighted by Gasteiger charge is -2.17. The van der Waals surface area contributed by atoms with Crippen LogP contribution in [-0.4, -0.2) is 37.8 Å². The molecule has 0 spiro atoms. The van der Waals surface area contributed by atoms with Crippen molar-refractivity contribution in [1.82, 2.24) is 19.5 Å². The topological polar surface area (TPSA) is 64.9 Å². The molecule has 1 aliphatic carbocycles. The number of anilines is 1. The molecule has 1 aromatic carbocycles. The van der Waals surface area contributed by atoms with Gasteiger partial charge in [0.15, 0.2) is 35.2 Å². The lowest BCUT2D eigenvalue weighted by molar-refractivity contribution is -0.0186. The molecule has 1 saturated heterocycles. The van der Waals surface area contributed by atoms with E-state index in [1.165, 1.54) is 12.8 Å². The average molecular weight is 436 g/mol. The summed E-state index contributed by atoms with van der Waals surface area (Å²) in [4.78, 5) is 14.1. The van der Waals surface area contributed by atoms with Gasteiger partial charge in [-0.1, -0.05) is 63.1 Å². The molecule has 4 atom stereocenters. The first-order chi connectivity index (χ1) is 15.6. The molecule has 0 unspecified atom stereocenters. The van der Waals surface area contributed by atoms with Crippen LogP contribution in [0.4, 0.5) is 10.2 Å². The Balaban J connectivity index is 1.55. The molecule has 7 heteroatoms. The summed E-state index contributed by atoms with van der Waals surface area (Å²) < 4.78 is 23.0. The SMILES string of the molecule is CC[C@H]1O[C@@H](n2cnc3c(NC4CCCC4)nc(/C=C/c4ccccc4)nc32)[C@@H](F)[C@@H]1C. The number of rotatable bonds is 6. The fraction of sp³-hybridized carbons (Fsp3) is 0.480. The average Bonchev–Trinajstić information content (AvgIpc) is 3.54. The summed E-state index contributed by atoms with van der Waals surface area (Å²) in [7, 11) is 0. The van der Waals surface area contributed by atoms with Gasteiger partial charge in [0, 0.05) is 12.0 Å². The van der Waals surface area contributed by atoms with Crippen molar-refractivity contribution in [2.24, 2.45) is 5.92 Å². The molecular formula is C25H30FN5O. The number of nitrogens with zero attached hydrogens (tertiary/aromatic N) is 4. The molecule has 32 heavy (non-hydrogen) atoms. The summed E-state index contributed by atoms with van der Waals surface area (Å²) in [5.74, 6) is 1.11. The second-order valence-electron chi connectivity index (χ2n) is 8.90. The summed E-state index contributed by atoms with van der Waals surface area (Å²) in [5, 5.41) is 3.57. The van der Waals surface area contributed by atoms with Crippen molar-refractivity contribution in [3.63, 3.8) is 0 Å². The van der Waals surface area contributed by atoms with Crippen LogP contribution in [0.25, 0.3) is 23.3 Å². The van der Waals surface area contributed by atoms with E-state index in [1.54, 1.807) is 10.9 Å². The number of hydrogen-bond donors (Lipinski definition) is 1. The summed E-state index contributed by atoms with van der Waals surface area (Å²) in [6.45, 7) is 3.94. The summed E-state index contributed by atoms with van der Waals surface area (Å²) in [6.07, 6.45) is 9.04. The zero-order valence-electron chi connectivity index (χ0n) is 18.6. The fourth-order valence-electron chi connectivity index (χ4n) is 4.82. The quantitative estimate of drug-likeness (QED) is 0.543. The molecule has 168 valence electrons. The van der Waals surface area contributed by atoms with Crippen LogP contribution in [0.5, 0.6) is 0 Å². The summed E-state index contributed by atoms with van der Waals surface area (Å²) in [5.41, 5.74) is 2.33. The molecule has 2 aromatic heterocycles. The van der Waals surface area contributed by atoms with Crippen molar-refractivity contribution in [2.75, 3.05) is 5.32 Å². The predicted molar refractivity (Wildman–Crippen MR) is 125 cm³/mol. The van der Waals surface area contributed by atoms with Crippen molar-refractivity contribution in [3.8, 4) is 0 Å². The number of fused-ring (bicyclic) bond motifs is 1. The van der Waals surface area contributed by atoms with Gasteiger partial charge in [-0.15, -0.1) is 0 Å². The molecule has 0 bridgehead atoms. The maximum atomic E-state index is 15.2. The van der Waals surface area contributed by atoms with Crippen LogP contribution in [0.3, 0.4) is 0 Å². The second-order valence-corrected chi connectivity index (χ2v) is 8.90. The highest BCUT2D eigenvalue weighted by Gasteiger charge is 2.43.